The Morgan fingerprint density at radius 1 is 1.57 bits per heavy atom. The van der Waals surface area contributed by atoms with Crippen LogP contribution in [0.3, 0.4) is 0 Å². The summed E-state index contributed by atoms with van der Waals surface area (Å²) < 4.78 is 5.98. The van der Waals surface area contributed by atoms with Crippen molar-refractivity contribution in [3.63, 3.8) is 0 Å². The lowest BCUT2D eigenvalue weighted by molar-refractivity contribution is -0.129. The first-order chi connectivity index (χ1) is 10.2. The summed E-state index contributed by atoms with van der Waals surface area (Å²) >= 11 is 3.02. The predicted molar refractivity (Wildman–Crippen MR) is 82.8 cm³/mol. The van der Waals surface area contributed by atoms with Gasteiger partial charge < -0.3 is 14.7 Å². The molecule has 0 aromatic carbocycles. The van der Waals surface area contributed by atoms with Crippen molar-refractivity contribution in [2.75, 3.05) is 25.5 Å². The van der Waals surface area contributed by atoms with Gasteiger partial charge in [0.2, 0.25) is 5.91 Å². The van der Waals surface area contributed by atoms with Crippen LogP contribution in [0.25, 0.3) is 0 Å². The van der Waals surface area contributed by atoms with E-state index in [1.165, 1.54) is 11.3 Å². The fourth-order valence-corrected chi connectivity index (χ4v) is 4.28. The SMILES string of the molecule is CCOC(=O)c1ccc(SCCN2C(=O)CC[C@@H]2CO)s1. The topological polar surface area (TPSA) is 66.8 Å². The van der Waals surface area contributed by atoms with E-state index in [1.807, 2.05) is 6.07 Å². The highest BCUT2D eigenvalue weighted by molar-refractivity contribution is 8.01. The van der Waals surface area contributed by atoms with E-state index in [0.29, 0.717) is 24.4 Å². The fraction of sp³-hybridized carbons (Fsp3) is 0.571. The van der Waals surface area contributed by atoms with Gasteiger partial charge in [-0.05, 0) is 25.5 Å². The van der Waals surface area contributed by atoms with Gasteiger partial charge in [0, 0.05) is 18.7 Å². The minimum absolute atomic E-state index is 0.0302. The van der Waals surface area contributed by atoms with E-state index in [-0.39, 0.29) is 24.5 Å². The molecule has 5 nitrogen and oxygen atoms in total. The largest absolute Gasteiger partial charge is 0.462 e. The smallest absolute Gasteiger partial charge is 0.348 e. The Morgan fingerprint density at radius 3 is 3.10 bits per heavy atom. The molecule has 1 aliphatic heterocycles. The van der Waals surface area contributed by atoms with Crippen molar-refractivity contribution in [3.05, 3.63) is 17.0 Å². The van der Waals surface area contributed by atoms with Crippen molar-refractivity contribution in [1.82, 2.24) is 4.90 Å². The Labute approximate surface area is 132 Å². The zero-order chi connectivity index (χ0) is 15.2. The molecule has 1 aliphatic rings. The molecule has 0 saturated carbocycles. The average molecular weight is 329 g/mol. The minimum atomic E-state index is -0.288. The first-order valence-electron chi connectivity index (χ1n) is 6.95. The molecule has 0 bridgehead atoms. The van der Waals surface area contributed by atoms with Crippen molar-refractivity contribution in [1.29, 1.82) is 0 Å². The maximum absolute atomic E-state index is 11.7. The van der Waals surface area contributed by atoms with Crippen LogP contribution in [0.15, 0.2) is 16.3 Å². The van der Waals surface area contributed by atoms with Gasteiger partial charge in [0.05, 0.1) is 23.5 Å². The van der Waals surface area contributed by atoms with Crippen molar-refractivity contribution >= 4 is 35.0 Å². The van der Waals surface area contributed by atoms with Gasteiger partial charge in [-0.3, -0.25) is 4.79 Å². The summed E-state index contributed by atoms with van der Waals surface area (Å²) in [6.07, 6.45) is 1.27. The van der Waals surface area contributed by atoms with Crippen LogP contribution in [0, 0.1) is 0 Å². The van der Waals surface area contributed by atoms with E-state index in [1.54, 1.807) is 29.7 Å². The lowest BCUT2D eigenvalue weighted by atomic mass is 10.2. The molecule has 0 unspecified atom stereocenters. The first-order valence-corrected chi connectivity index (χ1v) is 8.76. The molecule has 1 fully saturated rings. The van der Waals surface area contributed by atoms with Gasteiger partial charge in [0.15, 0.2) is 0 Å². The third-order valence-electron chi connectivity index (χ3n) is 3.30. The summed E-state index contributed by atoms with van der Waals surface area (Å²) in [6.45, 7) is 2.81. The van der Waals surface area contributed by atoms with Gasteiger partial charge in [-0.2, -0.15) is 0 Å². The van der Waals surface area contributed by atoms with Gasteiger partial charge in [-0.25, -0.2) is 4.79 Å². The Morgan fingerprint density at radius 2 is 2.38 bits per heavy atom. The summed E-state index contributed by atoms with van der Waals surface area (Å²) in [5.74, 6) is 0.586. The highest BCUT2D eigenvalue weighted by Crippen LogP contribution is 2.28. The summed E-state index contributed by atoms with van der Waals surface area (Å²) in [5.41, 5.74) is 0. The zero-order valence-electron chi connectivity index (χ0n) is 11.9. The second-order valence-electron chi connectivity index (χ2n) is 4.65. The average Bonchev–Trinajstić information content (AvgIpc) is 3.07. The number of thiophene rings is 1. The van der Waals surface area contributed by atoms with Gasteiger partial charge in [-0.15, -0.1) is 23.1 Å². The molecule has 7 heteroatoms. The molecule has 21 heavy (non-hydrogen) atoms. The number of likely N-dealkylation sites (tertiary alicyclic amines) is 1. The van der Waals surface area contributed by atoms with Crippen LogP contribution < -0.4 is 0 Å². The normalized spacial score (nSPS) is 18.3. The number of aliphatic hydroxyl groups is 1. The monoisotopic (exact) mass is 329 g/mol. The Hall–Kier alpha value is -1.05. The molecule has 2 rings (SSSR count). The van der Waals surface area contributed by atoms with Crippen LogP contribution in [0.1, 0.15) is 29.4 Å². The number of rotatable bonds is 7. The number of ether oxygens (including phenoxy) is 1. The number of carbonyl (C=O) groups is 2. The number of aliphatic hydroxyl groups excluding tert-OH is 1. The van der Waals surface area contributed by atoms with Crippen molar-refractivity contribution in [3.8, 4) is 0 Å². The molecular weight excluding hydrogens is 310 g/mol. The molecule has 116 valence electrons. The molecule has 1 N–H and O–H groups in total. The van der Waals surface area contributed by atoms with Gasteiger partial charge >= 0.3 is 5.97 Å². The maximum atomic E-state index is 11.7. The number of hydrogen-bond donors (Lipinski definition) is 1. The summed E-state index contributed by atoms with van der Waals surface area (Å²) in [6, 6.07) is 3.64. The molecule has 2 heterocycles. The molecule has 1 aromatic rings. The zero-order valence-corrected chi connectivity index (χ0v) is 13.5. The van der Waals surface area contributed by atoms with E-state index in [4.69, 9.17) is 4.74 Å². The molecule has 0 spiro atoms. The van der Waals surface area contributed by atoms with Gasteiger partial charge in [-0.1, -0.05) is 0 Å². The van der Waals surface area contributed by atoms with Crippen molar-refractivity contribution < 1.29 is 19.4 Å². The minimum Gasteiger partial charge on any atom is -0.462 e. The highest BCUT2D eigenvalue weighted by atomic mass is 32.2. The summed E-state index contributed by atoms with van der Waals surface area (Å²) in [5, 5.41) is 9.24. The molecule has 1 aromatic heterocycles. The Kier molecular flexibility index (Phi) is 6.08. The predicted octanol–water partition coefficient (Wildman–Crippen LogP) is 2.00. The van der Waals surface area contributed by atoms with Crippen LogP contribution in [-0.2, 0) is 9.53 Å². The highest BCUT2D eigenvalue weighted by Gasteiger charge is 2.29. The fourth-order valence-electron chi connectivity index (χ4n) is 2.24. The lowest BCUT2D eigenvalue weighted by Crippen LogP contribution is -2.36. The third kappa shape index (κ3) is 4.21. The number of carbonyl (C=O) groups excluding carboxylic acids is 2. The van der Waals surface area contributed by atoms with Crippen molar-refractivity contribution in [2.45, 2.75) is 30.0 Å². The van der Waals surface area contributed by atoms with Crippen LogP contribution >= 0.6 is 23.1 Å². The third-order valence-corrected chi connectivity index (χ3v) is 5.57. The quantitative estimate of drug-likeness (QED) is 0.612. The van der Waals surface area contributed by atoms with Gasteiger partial charge in [0.25, 0.3) is 0 Å². The van der Waals surface area contributed by atoms with Crippen LogP contribution in [-0.4, -0.2) is 53.4 Å². The van der Waals surface area contributed by atoms with E-state index in [2.05, 4.69) is 0 Å². The number of nitrogens with zero attached hydrogens (tertiary/aromatic N) is 1. The van der Waals surface area contributed by atoms with Gasteiger partial charge in [0.1, 0.15) is 4.88 Å². The van der Waals surface area contributed by atoms with E-state index in [9.17, 15) is 14.7 Å². The summed E-state index contributed by atoms with van der Waals surface area (Å²) in [7, 11) is 0. The van der Waals surface area contributed by atoms with E-state index < -0.39 is 0 Å². The van der Waals surface area contributed by atoms with E-state index in [0.717, 1.165) is 16.4 Å². The molecular formula is C14H19NO4S2. The van der Waals surface area contributed by atoms with Crippen LogP contribution in [0.5, 0.6) is 0 Å². The number of hydrogen-bond acceptors (Lipinski definition) is 6. The molecule has 0 aliphatic carbocycles. The Balaban J connectivity index is 1.81. The molecule has 1 saturated heterocycles. The first kappa shape index (κ1) is 16.3. The number of thioether (sulfide) groups is 1. The molecule has 1 atom stereocenters. The Bertz CT molecular complexity index is 503. The molecule has 1 amide bonds. The second kappa shape index (κ2) is 7.82. The van der Waals surface area contributed by atoms with Crippen LogP contribution in [0.4, 0.5) is 0 Å². The maximum Gasteiger partial charge on any atom is 0.348 e. The second-order valence-corrected chi connectivity index (χ2v) is 7.13. The number of esters is 1. The van der Waals surface area contributed by atoms with E-state index >= 15 is 0 Å². The van der Waals surface area contributed by atoms with Crippen molar-refractivity contribution in [2.24, 2.45) is 0 Å². The van der Waals surface area contributed by atoms with Crippen LogP contribution in [0.2, 0.25) is 0 Å². The lowest BCUT2D eigenvalue weighted by Gasteiger charge is -2.22. The summed E-state index contributed by atoms with van der Waals surface area (Å²) in [4.78, 5) is 25.6. The molecule has 0 radical (unpaired) electrons. The number of amides is 1. The standard InChI is InChI=1S/C14H19NO4S2/c1-2-19-14(18)11-4-6-13(21-11)20-8-7-15-10(9-16)3-5-12(15)17/h4,6,10,16H,2-3,5,7-9H2,1H3/t10-/m1/s1.